The number of halogens is 4. The van der Waals surface area contributed by atoms with E-state index >= 15 is 0 Å². The largest absolute Gasteiger partial charge is 0.421 e. The molecular weight excluding hydrogens is 652 g/mol. The Hall–Kier alpha value is 1.36. The molecule has 0 amide bonds. The molecular formula is C12H10I4+2. The summed E-state index contributed by atoms with van der Waals surface area (Å²) in [6, 6.07) is 21.4. The quantitative estimate of drug-likeness (QED) is 0.348. The Balaban J connectivity index is 0.000000386. The molecule has 0 aromatic heterocycles. The third kappa shape index (κ3) is 6.94. The monoisotopic (exact) mass is 662 g/mol. The smallest absolute Gasteiger partial charge is 0.0619 e. The maximum absolute atomic E-state index is 2.39. The zero-order valence-electron chi connectivity index (χ0n) is 8.29. The third-order valence-corrected chi connectivity index (χ3v) is 4.37. The summed E-state index contributed by atoms with van der Waals surface area (Å²) >= 11 is 5.33. The predicted octanol–water partition coefficient (Wildman–Crippen LogP) is -1.41. The molecule has 4 heteroatoms. The summed E-state index contributed by atoms with van der Waals surface area (Å²) in [5, 5.41) is 0. The Labute approximate surface area is 137 Å². The van der Waals surface area contributed by atoms with E-state index in [0.717, 1.165) is 0 Å². The van der Waals surface area contributed by atoms with Crippen molar-refractivity contribution in [3.63, 3.8) is 0 Å². The molecule has 0 aliphatic rings. The molecule has 0 spiro atoms. The Bertz CT molecular complexity index is 337. The van der Waals surface area contributed by atoms with Crippen molar-refractivity contribution in [1.82, 2.24) is 0 Å². The molecule has 0 radical (unpaired) electrons. The standard InChI is InChI=1S/C12H10I.I3/c1-3-7-11(8-4-1)13-12-9-5-2-6-10-12;1-3-2/h1-10H;/q2*+1. The Morgan fingerprint density at radius 3 is 1.25 bits per heavy atom. The Morgan fingerprint density at radius 1 is 0.625 bits per heavy atom. The number of rotatable bonds is 2. The molecule has 0 atom stereocenters. The summed E-state index contributed by atoms with van der Waals surface area (Å²) in [6.07, 6.45) is 0. The van der Waals surface area contributed by atoms with E-state index in [9.17, 15) is 0 Å². The molecule has 16 heavy (non-hydrogen) atoms. The van der Waals surface area contributed by atoms with E-state index in [-0.39, 0.29) is 21.2 Å². The fourth-order valence-electron chi connectivity index (χ4n) is 1.08. The topological polar surface area (TPSA) is 0 Å². The van der Waals surface area contributed by atoms with Gasteiger partial charge >= 0.3 is 34.5 Å². The zero-order chi connectivity index (χ0) is 11.6. The fraction of sp³-hybridized carbons (Fsp3) is 0. The van der Waals surface area contributed by atoms with Crippen LogP contribution in [0.4, 0.5) is 0 Å². The summed E-state index contributed by atoms with van der Waals surface area (Å²) in [5.41, 5.74) is 0. The van der Waals surface area contributed by atoms with Gasteiger partial charge in [-0.1, -0.05) is 36.4 Å². The molecule has 0 aliphatic carbocycles. The molecule has 0 N–H and O–H groups in total. The van der Waals surface area contributed by atoms with Gasteiger partial charge in [0.25, 0.3) is 37.2 Å². The SMILES string of the molecule is I[I+]I.c1ccc([I+]c2ccccc2)cc1. The van der Waals surface area contributed by atoms with Crippen LogP contribution in [-0.4, -0.2) is 0 Å². The summed E-state index contributed by atoms with van der Waals surface area (Å²) < 4.78 is 2.96. The van der Waals surface area contributed by atoms with Crippen LogP contribution in [0.1, 0.15) is 0 Å². The third-order valence-electron chi connectivity index (χ3n) is 1.68. The highest BCUT2D eigenvalue weighted by molar-refractivity contribution is 14.2. The average molecular weight is 662 g/mol. The van der Waals surface area contributed by atoms with Gasteiger partial charge in [0.05, 0.1) is 0 Å². The van der Waals surface area contributed by atoms with Crippen molar-refractivity contribution in [1.29, 1.82) is 0 Å². The molecule has 2 aromatic carbocycles. The Morgan fingerprint density at radius 2 is 0.938 bits per heavy atom. The second-order valence-corrected chi connectivity index (χ2v) is 22.0. The summed E-state index contributed by atoms with van der Waals surface area (Å²) in [7, 11) is 0. The van der Waals surface area contributed by atoms with Crippen molar-refractivity contribution in [3.8, 4) is 0 Å². The van der Waals surface area contributed by atoms with E-state index in [1.165, 1.54) is 7.14 Å². The summed E-state index contributed by atoms with van der Waals surface area (Å²) in [4.78, 5) is 0. The van der Waals surface area contributed by atoms with Crippen LogP contribution >= 0.6 is 37.2 Å². The predicted molar refractivity (Wildman–Crippen MR) is 78.3 cm³/mol. The molecule has 2 aromatic rings. The lowest BCUT2D eigenvalue weighted by Crippen LogP contribution is -3.61. The minimum absolute atomic E-state index is 0.0287. The van der Waals surface area contributed by atoms with Gasteiger partial charge in [-0.2, -0.15) is 0 Å². The van der Waals surface area contributed by atoms with Crippen molar-refractivity contribution in [2.24, 2.45) is 0 Å². The van der Waals surface area contributed by atoms with Crippen molar-refractivity contribution >= 4 is 37.2 Å². The lowest BCUT2D eigenvalue weighted by molar-refractivity contribution is -0.597. The van der Waals surface area contributed by atoms with Gasteiger partial charge in [-0.3, -0.25) is 0 Å². The molecule has 0 fully saturated rings. The lowest BCUT2D eigenvalue weighted by atomic mass is 10.4. The average Bonchev–Trinajstić information content (AvgIpc) is 2.33. The lowest BCUT2D eigenvalue weighted by Gasteiger charge is -1.84. The summed E-state index contributed by atoms with van der Waals surface area (Å²) in [5.74, 6) is 0. The first-order valence-corrected chi connectivity index (χ1v) is 19.2. The molecule has 0 saturated carbocycles. The van der Waals surface area contributed by atoms with Crippen molar-refractivity contribution in [2.45, 2.75) is 0 Å². The van der Waals surface area contributed by atoms with Crippen LogP contribution in [0.25, 0.3) is 0 Å². The molecule has 0 aliphatic heterocycles. The van der Waals surface area contributed by atoms with Crippen LogP contribution in [-0.2, 0) is 0 Å². The van der Waals surface area contributed by atoms with Gasteiger partial charge in [-0.25, -0.2) is 0 Å². The molecule has 0 saturated heterocycles. The normalized spacial score (nSPS) is 9.12. The van der Waals surface area contributed by atoms with E-state index in [0.29, 0.717) is 13.3 Å². The second kappa shape index (κ2) is 10.3. The number of hydrogen-bond donors (Lipinski definition) is 0. The van der Waals surface area contributed by atoms with E-state index in [2.05, 4.69) is 97.9 Å². The molecule has 0 unspecified atom stereocenters. The van der Waals surface area contributed by atoms with Gasteiger partial charge in [0.2, 0.25) is 0 Å². The molecule has 0 bridgehead atoms. The number of hydrogen-bond acceptors (Lipinski definition) is 0. The molecule has 2 rings (SSSR count). The molecule has 84 valence electrons. The van der Waals surface area contributed by atoms with Crippen molar-refractivity contribution in [3.05, 3.63) is 67.8 Å². The highest BCUT2D eigenvalue weighted by atomic mass is 128. The van der Waals surface area contributed by atoms with E-state index in [4.69, 9.17) is 0 Å². The minimum Gasteiger partial charge on any atom is -0.0619 e. The van der Waals surface area contributed by atoms with Crippen molar-refractivity contribution < 1.29 is 34.5 Å². The minimum atomic E-state index is 0.0287. The molecule has 0 heterocycles. The first kappa shape index (κ1) is 15.4. The van der Waals surface area contributed by atoms with E-state index in [1.54, 1.807) is 0 Å². The Kier molecular flexibility index (Phi) is 9.92. The van der Waals surface area contributed by atoms with E-state index < -0.39 is 0 Å². The van der Waals surface area contributed by atoms with Gasteiger partial charge in [-0.05, 0) is 24.3 Å². The zero-order valence-corrected chi connectivity index (χ0v) is 16.9. The van der Waals surface area contributed by atoms with Gasteiger partial charge in [-0.15, -0.1) is 0 Å². The molecule has 0 nitrogen and oxygen atoms in total. The maximum Gasteiger partial charge on any atom is 0.421 e. The first-order chi connectivity index (χ1) is 7.86. The van der Waals surface area contributed by atoms with Gasteiger partial charge in [0.15, 0.2) is 7.14 Å². The van der Waals surface area contributed by atoms with Crippen LogP contribution in [0.2, 0.25) is 0 Å². The van der Waals surface area contributed by atoms with Crippen LogP contribution in [0.15, 0.2) is 60.7 Å². The first-order valence-electron chi connectivity index (χ1n) is 4.49. The van der Waals surface area contributed by atoms with Crippen LogP contribution in [0.3, 0.4) is 0 Å². The fourth-order valence-corrected chi connectivity index (χ4v) is 3.35. The number of benzene rings is 2. The van der Waals surface area contributed by atoms with Gasteiger partial charge in [0.1, 0.15) is 0 Å². The van der Waals surface area contributed by atoms with Crippen molar-refractivity contribution in [2.75, 3.05) is 0 Å². The van der Waals surface area contributed by atoms with Crippen LogP contribution in [0.5, 0.6) is 0 Å². The highest BCUT2D eigenvalue weighted by Gasteiger charge is 2.12. The van der Waals surface area contributed by atoms with Crippen LogP contribution < -0.4 is 34.5 Å². The van der Waals surface area contributed by atoms with E-state index in [1.807, 2.05) is 0 Å². The second-order valence-electron chi connectivity index (χ2n) is 2.74. The highest BCUT2D eigenvalue weighted by Crippen LogP contribution is 1.85. The van der Waals surface area contributed by atoms with Gasteiger partial charge in [0, 0.05) is 0 Å². The summed E-state index contributed by atoms with van der Waals surface area (Å²) in [6.45, 7) is 0. The van der Waals surface area contributed by atoms with Crippen LogP contribution in [0, 0.1) is 7.14 Å². The maximum atomic E-state index is 2.39. The van der Waals surface area contributed by atoms with Gasteiger partial charge < -0.3 is 0 Å².